The lowest BCUT2D eigenvalue weighted by atomic mass is 10.0. The van der Waals surface area contributed by atoms with E-state index in [4.69, 9.17) is 14.2 Å². The van der Waals surface area contributed by atoms with E-state index in [0.717, 1.165) is 11.8 Å². The van der Waals surface area contributed by atoms with Gasteiger partial charge in [-0.25, -0.2) is 9.79 Å². The summed E-state index contributed by atoms with van der Waals surface area (Å²) in [5.41, 5.74) is 1.90. The van der Waals surface area contributed by atoms with E-state index in [1.165, 1.54) is 7.11 Å². The van der Waals surface area contributed by atoms with Crippen molar-refractivity contribution >= 4 is 34.5 Å². The fourth-order valence-corrected chi connectivity index (χ4v) is 4.32. The summed E-state index contributed by atoms with van der Waals surface area (Å²) in [5, 5.41) is 21.6. The number of methoxy groups -OCH3 is 1. The second kappa shape index (κ2) is 11.5. The highest BCUT2D eigenvalue weighted by atomic mass is 32.2. The molecule has 1 aliphatic rings. The van der Waals surface area contributed by atoms with Crippen LogP contribution in [-0.2, 0) is 16.0 Å². The molecule has 8 heteroatoms. The number of benzene rings is 2. The highest BCUT2D eigenvalue weighted by Crippen LogP contribution is 2.41. The van der Waals surface area contributed by atoms with E-state index in [1.807, 2.05) is 6.92 Å². The first-order valence-electron chi connectivity index (χ1n) is 10.7. The zero-order valence-corrected chi connectivity index (χ0v) is 20.1. The van der Waals surface area contributed by atoms with Crippen LogP contribution in [0, 0.1) is 0 Å². The molecule has 0 saturated carbocycles. The first-order valence-corrected chi connectivity index (χ1v) is 11.6. The molecule has 0 radical (unpaired) electrons. The van der Waals surface area contributed by atoms with Gasteiger partial charge in [-0.15, -0.1) is 6.58 Å². The molecule has 0 unspecified atom stereocenters. The van der Waals surface area contributed by atoms with Gasteiger partial charge in [-0.2, -0.15) is 0 Å². The Balaban J connectivity index is 2.04. The number of phenolic OH excluding ortho intramolecular Hbond substituents is 1. The smallest absolute Gasteiger partial charge is 0.344 e. The van der Waals surface area contributed by atoms with Crippen LogP contribution in [0.15, 0.2) is 70.3 Å². The number of aliphatic imine (C=N–C) groups is 1. The van der Waals surface area contributed by atoms with Crippen LogP contribution < -0.4 is 9.47 Å². The highest BCUT2D eigenvalue weighted by molar-refractivity contribution is 8.18. The number of thioether (sulfide) groups is 1. The summed E-state index contributed by atoms with van der Waals surface area (Å²) < 4.78 is 15.9. The van der Waals surface area contributed by atoms with Crippen LogP contribution >= 0.6 is 11.8 Å². The molecule has 0 aliphatic carbocycles. The Labute approximate surface area is 203 Å². The van der Waals surface area contributed by atoms with Crippen molar-refractivity contribution in [2.24, 2.45) is 4.99 Å². The van der Waals surface area contributed by atoms with Crippen molar-refractivity contribution in [1.82, 2.24) is 0 Å². The van der Waals surface area contributed by atoms with Crippen molar-refractivity contribution in [3.63, 3.8) is 0 Å². The number of carbonyl (C=O) groups is 1. The van der Waals surface area contributed by atoms with Gasteiger partial charge in [-0.3, -0.25) is 0 Å². The van der Waals surface area contributed by atoms with E-state index >= 15 is 0 Å². The summed E-state index contributed by atoms with van der Waals surface area (Å²) in [4.78, 5) is 17.6. The molecule has 0 saturated heterocycles. The number of aliphatic hydroxyl groups excluding tert-OH is 1. The highest BCUT2D eigenvalue weighted by Gasteiger charge is 2.33. The molecule has 2 aromatic rings. The second-order valence-corrected chi connectivity index (χ2v) is 8.15. The summed E-state index contributed by atoms with van der Waals surface area (Å²) in [5.74, 6) is 0.174. The third-order valence-electron chi connectivity index (χ3n) is 4.81. The van der Waals surface area contributed by atoms with Crippen LogP contribution in [0.25, 0.3) is 6.08 Å². The average Bonchev–Trinajstić information content (AvgIpc) is 3.12. The summed E-state index contributed by atoms with van der Waals surface area (Å²) in [6.45, 7) is 8.03. The average molecular weight is 482 g/mol. The maximum Gasteiger partial charge on any atom is 0.344 e. The van der Waals surface area contributed by atoms with Crippen LogP contribution in [0.2, 0.25) is 0 Å². The number of ether oxygens (including phenoxy) is 3. The first kappa shape index (κ1) is 25.0. The molecule has 0 spiro atoms. The second-order valence-electron chi connectivity index (χ2n) is 7.12. The maximum absolute atomic E-state index is 12.6. The van der Waals surface area contributed by atoms with E-state index in [0.29, 0.717) is 51.3 Å². The molecule has 2 N–H and O–H groups in total. The van der Waals surface area contributed by atoms with Crippen molar-refractivity contribution in [1.29, 1.82) is 0 Å². The topological polar surface area (TPSA) is 97.6 Å². The molecular formula is C26H27NO6S. The summed E-state index contributed by atoms with van der Waals surface area (Å²) in [7, 11) is 1.46. The molecule has 3 rings (SSSR count). The Kier molecular flexibility index (Phi) is 8.43. The van der Waals surface area contributed by atoms with Crippen LogP contribution in [0.1, 0.15) is 25.0 Å². The molecule has 178 valence electrons. The van der Waals surface area contributed by atoms with Crippen LogP contribution in [0.5, 0.6) is 17.2 Å². The maximum atomic E-state index is 12.6. The number of nitrogens with zero attached hydrogens (tertiary/aromatic N) is 1. The van der Waals surface area contributed by atoms with Gasteiger partial charge in [-0.1, -0.05) is 17.8 Å². The molecule has 1 heterocycles. The van der Waals surface area contributed by atoms with E-state index in [-0.39, 0.29) is 23.7 Å². The fraction of sp³-hybridized carbons (Fsp3) is 0.231. The van der Waals surface area contributed by atoms with Gasteiger partial charge in [0.05, 0.1) is 30.9 Å². The van der Waals surface area contributed by atoms with Gasteiger partial charge in [0, 0.05) is 5.56 Å². The van der Waals surface area contributed by atoms with Crippen molar-refractivity contribution in [3.05, 3.63) is 76.4 Å². The van der Waals surface area contributed by atoms with Crippen LogP contribution in [0.4, 0.5) is 5.69 Å². The standard InChI is InChI=1S/C26H27NO6S/c1-5-8-17-13-16(14-20(31-4)23(17)28)15-21-24(29)22(26(30)33-7-3)25(34-21)27-18-9-11-19(12-10-18)32-6-2/h5,9-15,28-29H,1,6-8H2,2-4H3. The van der Waals surface area contributed by atoms with Gasteiger partial charge in [0.25, 0.3) is 0 Å². The van der Waals surface area contributed by atoms with Crippen LogP contribution in [-0.4, -0.2) is 41.5 Å². The number of allylic oxidation sites excluding steroid dienone is 1. The van der Waals surface area contributed by atoms with E-state index < -0.39 is 5.97 Å². The first-order chi connectivity index (χ1) is 16.4. The minimum atomic E-state index is -0.656. The van der Waals surface area contributed by atoms with Crippen LogP contribution in [0.3, 0.4) is 0 Å². The summed E-state index contributed by atoms with van der Waals surface area (Å²) >= 11 is 1.15. The predicted molar refractivity (Wildman–Crippen MR) is 135 cm³/mol. The molecule has 0 aromatic heterocycles. The fourth-order valence-electron chi connectivity index (χ4n) is 3.28. The molecule has 34 heavy (non-hydrogen) atoms. The molecule has 2 aromatic carbocycles. The SMILES string of the molecule is C=CCc1cc(C=C2SC(=Nc3ccc(OCC)cc3)C(C(=O)OCC)=C2O)cc(OC)c1O. The van der Waals surface area contributed by atoms with E-state index in [9.17, 15) is 15.0 Å². The third kappa shape index (κ3) is 5.63. The Bertz CT molecular complexity index is 1160. The van der Waals surface area contributed by atoms with Gasteiger partial charge in [0.15, 0.2) is 11.5 Å². The lowest BCUT2D eigenvalue weighted by molar-refractivity contribution is -0.138. The number of aliphatic hydroxyl groups is 1. The molecule has 1 aliphatic heterocycles. The zero-order chi connectivity index (χ0) is 24.7. The molecule has 0 amide bonds. The monoisotopic (exact) mass is 481 g/mol. The molecular weight excluding hydrogens is 454 g/mol. The number of hydrogen-bond acceptors (Lipinski definition) is 8. The molecule has 0 bridgehead atoms. The third-order valence-corrected chi connectivity index (χ3v) is 5.83. The van der Waals surface area contributed by atoms with Crippen molar-refractivity contribution in [2.45, 2.75) is 20.3 Å². The summed E-state index contributed by atoms with van der Waals surface area (Å²) in [6.07, 6.45) is 3.81. The number of phenols is 1. The van der Waals surface area contributed by atoms with Gasteiger partial charge in [0.1, 0.15) is 22.1 Å². The lowest BCUT2D eigenvalue weighted by Crippen LogP contribution is -2.12. The minimum Gasteiger partial charge on any atom is -0.506 e. The number of hydrogen-bond donors (Lipinski definition) is 2. The Morgan fingerprint density at radius 2 is 1.88 bits per heavy atom. The largest absolute Gasteiger partial charge is 0.506 e. The van der Waals surface area contributed by atoms with E-state index in [2.05, 4.69) is 11.6 Å². The Morgan fingerprint density at radius 1 is 1.15 bits per heavy atom. The molecule has 0 fully saturated rings. The molecule has 7 nitrogen and oxygen atoms in total. The number of carbonyl (C=O) groups excluding carboxylic acids is 1. The Morgan fingerprint density at radius 3 is 2.50 bits per heavy atom. The number of aromatic hydroxyl groups is 1. The number of esters is 1. The van der Waals surface area contributed by atoms with Gasteiger partial charge < -0.3 is 24.4 Å². The van der Waals surface area contributed by atoms with Gasteiger partial charge >= 0.3 is 5.97 Å². The van der Waals surface area contributed by atoms with Crippen molar-refractivity contribution < 1.29 is 29.2 Å². The van der Waals surface area contributed by atoms with Crippen molar-refractivity contribution in [3.8, 4) is 17.2 Å². The van der Waals surface area contributed by atoms with Crippen molar-refractivity contribution in [2.75, 3.05) is 20.3 Å². The van der Waals surface area contributed by atoms with E-state index in [1.54, 1.807) is 55.5 Å². The minimum absolute atomic E-state index is 0.00374. The Hall–Kier alpha value is -3.65. The predicted octanol–water partition coefficient (Wildman–Crippen LogP) is 5.72. The molecule has 0 atom stereocenters. The lowest BCUT2D eigenvalue weighted by Gasteiger charge is -2.10. The summed E-state index contributed by atoms with van der Waals surface area (Å²) in [6, 6.07) is 10.5. The normalized spacial score (nSPS) is 15.6. The quantitative estimate of drug-likeness (QED) is 0.349. The zero-order valence-electron chi connectivity index (χ0n) is 19.3. The van der Waals surface area contributed by atoms with Gasteiger partial charge in [-0.05, 0) is 68.3 Å². The number of rotatable bonds is 9. The van der Waals surface area contributed by atoms with Gasteiger partial charge in [0.2, 0.25) is 0 Å².